The number of hydrogen-bond acceptors (Lipinski definition) is 4. The Kier molecular flexibility index (Phi) is 5.15. The molecule has 0 aromatic heterocycles. The van der Waals surface area contributed by atoms with Gasteiger partial charge in [-0.15, -0.1) is 0 Å². The zero-order valence-electron chi connectivity index (χ0n) is 11.7. The summed E-state index contributed by atoms with van der Waals surface area (Å²) in [5, 5.41) is 0. The first-order chi connectivity index (χ1) is 8.65. The molecule has 2 rings (SSSR count). The predicted octanol–water partition coefficient (Wildman–Crippen LogP) is 0.866. The fourth-order valence-electron chi connectivity index (χ4n) is 2.93. The highest BCUT2D eigenvalue weighted by Crippen LogP contribution is 2.18. The van der Waals surface area contributed by atoms with Gasteiger partial charge in [0, 0.05) is 19.1 Å². The first-order valence-corrected chi connectivity index (χ1v) is 7.12. The molecule has 1 unspecified atom stereocenters. The zero-order valence-corrected chi connectivity index (χ0v) is 11.7. The molecular formula is C14H26N2O2. The molecule has 18 heavy (non-hydrogen) atoms. The topological polar surface area (TPSA) is 32.8 Å². The lowest BCUT2D eigenvalue weighted by Crippen LogP contribution is -2.38. The average Bonchev–Trinajstić information content (AvgIpc) is 2.85. The van der Waals surface area contributed by atoms with Crippen LogP contribution in [0.25, 0.3) is 0 Å². The van der Waals surface area contributed by atoms with Crippen molar-refractivity contribution in [3.63, 3.8) is 0 Å². The van der Waals surface area contributed by atoms with E-state index in [2.05, 4.69) is 23.9 Å². The van der Waals surface area contributed by atoms with Crippen molar-refractivity contribution in [2.45, 2.75) is 19.3 Å². The number of hydrogen-bond donors (Lipinski definition) is 0. The van der Waals surface area contributed by atoms with Crippen LogP contribution in [0.3, 0.4) is 0 Å². The van der Waals surface area contributed by atoms with Gasteiger partial charge < -0.3 is 9.64 Å². The van der Waals surface area contributed by atoms with E-state index >= 15 is 0 Å². The van der Waals surface area contributed by atoms with Crippen molar-refractivity contribution in [2.24, 2.45) is 11.8 Å². The molecule has 0 N–H and O–H groups in total. The van der Waals surface area contributed by atoms with E-state index in [1.54, 1.807) is 0 Å². The molecule has 2 aliphatic rings. The highest BCUT2D eigenvalue weighted by Gasteiger charge is 2.25. The first-order valence-electron chi connectivity index (χ1n) is 7.12. The highest BCUT2D eigenvalue weighted by atomic mass is 16.5. The van der Waals surface area contributed by atoms with Crippen molar-refractivity contribution in [3.05, 3.63) is 0 Å². The lowest BCUT2D eigenvalue weighted by molar-refractivity contribution is -0.123. The molecule has 0 amide bonds. The summed E-state index contributed by atoms with van der Waals surface area (Å²) in [5.41, 5.74) is 0. The minimum atomic E-state index is 0.157. The maximum absolute atomic E-state index is 12.0. The Labute approximate surface area is 110 Å². The molecule has 2 fully saturated rings. The maximum atomic E-state index is 12.0. The van der Waals surface area contributed by atoms with Crippen molar-refractivity contribution in [2.75, 3.05) is 53.5 Å². The molecule has 4 heteroatoms. The highest BCUT2D eigenvalue weighted by molar-refractivity contribution is 5.83. The minimum absolute atomic E-state index is 0.157. The number of rotatable bonds is 5. The van der Waals surface area contributed by atoms with Gasteiger partial charge in [-0.1, -0.05) is 0 Å². The third-order valence-corrected chi connectivity index (χ3v) is 4.22. The van der Waals surface area contributed by atoms with Crippen LogP contribution in [0, 0.1) is 11.8 Å². The smallest absolute Gasteiger partial charge is 0.152 e. The minimum Gasteiger partial charge on any atom is -0.381 e. The van der Waals surface area contributed by atoms with Gasteiger partial charge in [0.25, 0.3) is 0 Å². The molecule has 0 saturated carbocycles. The summed E-state index contributed by atoms with van der Waals surface area (Å²) in [4.78, 5) is 16.6. The molecule has 2 aliphatic heterocycles. The van der Waals surface area contributed by atoms with Crippen molar-refractivity contribution in [1.82, 2.24) is 9.80 Å². The zero-order chi connectivity index (χ0) is 13.0. The van der Waals surface area contributed by atoms with Gasteiger partial charge in [-0.25, -0.2) is 0 Å². The van der Waals surface area contributed by atoms with Crippen LogP contribution in [0.2, 0.25) is 0 Å². The summed E-state index contributed by atoms with van der Waals surface area (Å²) in [6.45, 7) is 5.45. The number of ketones is 1. The van der Waals surface area contributed by atoms with Gasteiger partial charge in [0.05, 0.1) is 13.2 Å². The van der Waals surface area contributed by atoms with Crippen molar-refractivity contribution in [3.8, 4) is 0 Å². The second-order valence-electron chi connectivity index (χ2n) is 5.97. The Bertz CT molecular complexity index is 269. The van der Waals surface area contributed by atoms with E-state index in [0.29, 0.717) is 18.9 Å². The number of nitrogens with zero attached hydrogens (tertiary/aromatic N) is 2. The first kappa shape index (κ1) is 14.0. The van der Waals surface area contributed by atoms with Crippen LogP contribution in [0.4, 0.5) is 0 Å². The van der Waals surface area contributed by atoms with Crippen molar-refractivity contribution >= 4 is 5.78 Å². The van der Waals surface area contributed by atoms with Crippen LogP contribution in [-0.2, 0) is 9.53 Å². The third kappa shape index (κ3) is 4.04. The van der Waals surface area contributed by atoms with Gasteiger partial charge >= 0.3 is 0 Å². The quantitative estimate of drug-likeness (QED) is 0.729. The summed E-state index contributed by atoms with van der Waals surface area (Å²) in [7, 11) is 4.26. The molecule has 0 bridgehead atoms. The predicted molar refractivity (Wildman–Crippen MR) is 71.7 cm³/mol. The molecule has 104 valence electrons. The molecule has 1 atom stereocenters. The standard InChI is InChI=1S/C14H26N2O2/c1-15-6-3-12(4-7-15)9-16(2)10-14(17)13-5-8-18-11-13/h12-13H,3-11H2,1-2H3. The monoisotopic (exact) mass is 254 g/mol. The fourth-order valence-corrected chi connectivity index (χ4v) is 2.93. The second kappa shape index (κ2) is 6.64. The Morgan fingerprint density at radius 3 is 2.67 bits per heavy atom. The summed E-state index contributed by atoms with van der Waals surface area (Å²) in [5.74, 6) is 1.28. The number of piperidine rings is 1. The van der Waals surface area contributed by atoms with Crippen LogP contribution in [0.15, 0.2) is 0 Å². The molecule has 0 aromatic rings. The molecule has 4 nitrogen and oxygen atoms in total. The van der Waals surface area contributed by atoms with Gasteiger partial charge in [-0.2, -0.15) is 0 Å². The van der Waals surface area contributed by atoms with Crippen LogP contribution < -0.4 is 0 Å². The molecular weight excluding hydrogens is 228 g/mol. The summed E-state index contributed by atoms with van der Waals surface area (Å²) < 4.78 is 5.28. The van der Waals surface area contributed by atoms with E-state index in [-0.39, 0.29) is 5.92 Å². The van der Waals surface area contributed by atoms with Gasteiger partial charge in [0.15, 0.2) is 5.78 Å². The summed E-state index contributed by atoms with van der Waals surface area (Å²) in [6.07, 6.45) is 3.45. The Morgan fingerprint density at radius 2 is 2.06 bits per heavy atom. The van der Waals surface area contributed by atoms with Gasteiger partial charge in [0.1, 0.15) is 0 Å². The van der Waals surface area contributed by atoms with Crippen LogP contribution in [0.1, 0.15) is 19.3 Å². The Balaban J connectivity index is 1.68. The molecule has 2 heterocycles. The van der Waals surface area contributed by atoms with Crippen LogP contribution in [-0.4, -0.2) is 69.1 Å². The van der Waals surface area contributed by atoms with E-state index < -0.39 is 0 Å². The lowest BCUT2D eigenvalue weighted by Gasteiger charge is -2.31. The SMILES string of the molecule is CN1CCC(CN(C)CC(=O)C2CCOC2)CC1. The van der Waals surface area contributed by atoms with E-state index in [9.17, 15) is 4.79 Å². The van der Waals surface area contributed by atoms with Gasteiger partial charge in [0.2, 0.25) is 0 Å². The van der Waals surface area contributed by atoms with E-state index in [4.69, 9.17) is 4.74 Å². The molecule has 0 radical (unpaired) electrons. The van der Waals surface area contributed by atoms with E-state index in [0.717, 1.165) is 25.5 Å². The fraction of sp³-hybridized carbons (Fsp3) is 0.929. The molecule has 0 aromatic carbocycles. The van der Waals surface area contributed by atoms with Crippen molar-refractivity contribution in [1.29, 1.82) is 0 Å². The van der Waals surface area contributed by atoms with Crippen LogP contribution >= 0.6 is 0 Å². The summed E-state index contributed by atoms with van der Waals surface area (Å²) >= 11 is 0. The van der Waals surface area contributed by atoms with E-state index in [1.165, 1.54) is 25.9 Å². The van der Waals surface area contributed by atoms with Crippen molar-refractivity contribution < 1.29 is 9.53 Å². The molecule has 2 saturated heterocycles. The maximum Gasteiger partial charge on any atom is 0.152 e. The molecule has 0 spiro atoms. The number of carbonyl (C=O) groups is 1. The third-order valence-electron chi connectivity index (χ3n) is 4.22. The Hall–Kier alpha value is -0.450. The Morgan fingerprint density at radius 1 is 1.33 bits per heavy atom. The second-order valence-corrected chi connectivity index (χ2v) is 5.97. The largest absolute Gasteiger partial charge is 0.381 e. The lowest BCUT2D eigenvalue weighted by atomic mass is 9.96. The number of likely N-dealkylation sites (tertiary alicyclic amines) is 1. The van der Waals surface area contributed by atoms with Gasteiger partial charge in [-0.3, -0.25) is 9.69 Å². The number of ether oxygens (including phenoxy) is 1. The average molecular weight is 254 g/mol. The van der Waals surface area contributed by atoms with E-state index in [1.807, 2.05) is 0 Å². The number of Topliss-reactive ketones (excluding diaryl/α,β-unsaturated/α-hetero) is 1. The summed E-state index contributed by atoms with van der Waals surface area (Å²) in [6, 6.07) is 0. The molecule has 0 aliphatic carbocycles. The normalized spacial score (nSPS) is 26.9. The number of carbonyl (C=O) groups excluding carboxylic acids is 1. The van der Waals surface area contributed by atoms with Gasteiger partial charge in [-0.05, 0) is 52.4 Å². The van der Waals surface area contributed by atoms with Crippen LogP contribution in [0.5, 0.6) is 0 Å². The number of likely N-dealkylation sites (N-methyl/N-ethyl adjacent to an activating group) is 1.